The van der Waals surface area contributed by atoms with E-state index >= 15 is 0 Å². The van der Waals surface area contributed by atoms with E-state index in [9.17, 15) is 4.79 Å². The maximum atomic E-state index is 11.4. The van der Waals surface area contributed by atoms with E-state index in [-0.39, 0.29) is 17.3 Å². The van der Waals surface area contributed by atoms with Crippen molar-refractivity contribution in [3.8, 4) is 0 Å². The molecule has 0 heterocycles. The van der Waals surface area contributed by atoms with E-state index in [2.05, 4.69) is 0 Å². The van der Waals surface area contributed by atoms with Crippen LogP contribution in [-0.4, -0.2) is 29.6 Å². The Morgan fingerprint density at radius 2 is 2.14 bits per heavy atom. The lowest BCUT2D eigenvalue weighted by molar-refractivity contribution is -0.142. The van der Waals surface area contributed by atoms with Gasteiger partial charge in [0.1, 0.15) is 5.25 Å². The van der Waals surface area contributed by atoms with Crippen LogP contribution < -0.4 is 5.73 Å². The molecule has 0 aliphatic rings. The lowest BCUT2D eigenvalue weighted by Crippen LogP contribution is -2.21. The first-order valence-corrected chi connectivity index (χ1v) is 6.20. The van der Waals surface area contributed by atoms with Crippen molar-refractivity contribution in [2.75, 3.05) is 12.4 Å². The van der Waals surface area contributed by atoms with Crippen LogP contribution in [0.25, 0.3) is 0 Å². The maximum absolute atomic E-state index is 11.4. The van der Waals surface area contributed by atoms with E-state index in [4.69, 9.17) is 10.5 Å². The van der Waals surface area contributed by atoms with Crippen LogP contribution in [-0.2, 0) is 9.53 Å². The molecule has 0 aliphatic heterocycles. The third kappa shape index (κ3) is 6.27. The Balaban J connectivity index is 3.73. The van der Waals surface area contributed by atoms with Gasteiger partial charge in [0, 0.05) is 6.04 Å². The first-order chi connectivity index (χ1) is 6.61. The number of hydrogen-bond donors (Lipinski definition) is 1. The Labute approximate surface area is 90.8 Å². The average molecular weight is 219 g/mol. The fourth-order valence-electron chi connectivity index (χ4n) is 0.984. The number of thioether (sulfide) groups is 1. The fourth-order valence-corrected chi connectivity index (χ4v) is 2.22. The molecule has 0 saturated carbocycles. The minimum atomic E-state index is -0.0929. The van der Waals surface area contributed by atoms with E-state index in [1.807, 2.05) is 20.8 Å². The Morgan fingerprint density at radius 1 is 1.50 bits per heavy atom. The first kappa shape index (κ1) is 13.8. The van der Waals surface area contributed by atoms with Crippen molar-refractivity contribution >= 4 is 17.7 Å². The molecule has 3 nitrogen and oxygen atoms in total. The summed E-state index contributed by atoms with van der Waals surface area (Å²) in [5, 5.41) is -0.0197. The van der Waals surface area contributed by atoms with Crippen LogP contribution >= 0.6 is 11.8 Å². The molecule has 0 aromatic heterocycles. The van der Waals surface area contributed by atoms with Gasteiger partial charge in [-0.05, 0) is 32.4 Å². The monoisotopic (exact) mass is 219 g/mol. The SMILES string of the molecule is CCOC(=O)C(CC)SCCC(C)N. The second-order valence-corrected chi connectivity index (χ2v) is 4.60. The molecule has 14 heavy (non-hydrogen) atoms. The molecule has 0 aliphatic carbocycles. The van der Waals surface area contributed by atoms with E-state index in [0.29, 0.717) is 6.61 Å². The number of carbonyl (C=O) groups excluding carboxylic acids is 1. The van der Waals surface area contributed by atoms with E-state index < -0.39 is 0 Å². The van der Waals surface area contributed by atoms with E-state index in [1.165, 1.54) is 0 Å². The Kier molecular flexibility index (Phi) is 7.99. The predicted molar refractivity (Wildman–Crippen MR) is 61.4 cm³/mol. The van der Waals surface area contributed by atoms with Crippen LogP contribution in [0, 0.1) is 0 Å². The largest absolute Gasteiger partial charge is 0.465 e. The van der Waals surface area contributed by atoms with Gasteiger partial charge in [0.15, 0.2) is 0 Å². The summed E-state index contributed by atoms with van der Waals surface area (Å²) in [5.74, 6) is 0.833. The smallest absolute Gasteiger partial charge is 0.319 e. The molecule has 0 aromatic rings. The second-order valence-electron chi connectivity index (χ2n) is 3.29. The average Bonchev–Trinajstić information content (AvgIpc) is 2.12. The molecule has 0 spiro atoms. The highest BCUT2D eigenvalue weighted by Crippen LogP contribution is 2.17. The highest BCUT2D eigenvalue weighted by atomic mass is 32.2. The zero-order valence-corrected chi connectivity index (χ0v) is 10.1. The zero-order valence-electron chi connectivity index (χ0n) is 9.29. The third-order valence-corrected chi connectivity index (χ3v) is 3.21. The van der Waals surface area contributed by atoms with Crippen LogP contribution in [0.3, 0.4) is 0 Å². The number of nitrogens with two attached hydrogens (primary N) is 1. The van der Waals surface area contributed by atoms with Gasteiger partial charge in [0.2, 0.25) is 0 Å². The molecule has 84 valence electrons. The van der Waals surface area contributed by atoms with Gasteiger partial charge >= 0.3 is 5.97 Å². The number of carbonyl (C=O) groups is 1. The second kappa shape index (κ2) is 8.12. The fraction of sp³-hybridized carbons (Fsp3) is 0.900. The summed E-state index contributed by atoms with van der Waals surface area (Å²) >= 11 is 1.64. The molecule has 0 amide bonds. The zero-order chi connectivity index (χ0) is 11.0. The van der Waals surface area contributed by atoms with Gasteiger partial charge in [-0.1, -0.05) is 6.92 Å². The Hall–Kier alpha value is -0.220. The minimum absolute atomic E-state index is 0.0197. The summed E-state index contributed by atoms with van der Waals surface area (Å²) in [6, 6.07) is 0.210. The molecule has 0 fully saturated rings. The Morgan fingerprint density at radius 3 is 2.57 bits per heavy atom. The van der Waals surface area contributed by atoms with Gasteiger partial charge in [-0.2, -0.15) is 0 Å². The molecule has 0 aromatic carbocycles. The molecule has 0 radical (unpaired) electrons. The molecule has 0 bridgehead atoms. The van der Waals surface area contributed by atoms with Gasteiger partial charge in [-0.15, -0.1) is 11.8 Å². The molecule has 2 N–H and O–H groups in total. The number of ether oxygens (including phenoxy) is 1. The topological polar surface area (TPSA) is 52.3 Å². The molecule has 4 heteroatoms. The molecular weight excluding hydrogens is 198 g/mol. The normalized spacial score (nSPS) is 14.9. The Bertz CT molecular complexity index is 162. The van der Waals surface area contributed by atoms with E-state index in [1.54, 1.807) is 11.8 Å². The molecule has 2 atom stereocenters. The first-order valence-electron chi connectivity index (χ1n) is 5.15. The summed E-state index contributed by atoms with van der Waals surface area (Å²) in [6.07, 6.45) is 1.77. The van der Waals surface area contributed by atoms with Crippen molar-refractivity contribution in [1.82, 2.24) is 0 Å². The molecule has 0 rings (SSSR count). The lowest BCUT2D eigenvalue weighted by atomic mass is 10.3. The summed E-state index contributed by atoms with van der Waals surface area (Å²) in [7, 11) is 0. The summed E-state index contributed by atoms with van der Waals surface area (Å²) in [6.45, 7) is 6.27. The molecule has 0 saturated heterocycles. The number of esters is 1. The highest BCUT2D eigenvalue weighted by Gasteiger charge is 2.17. The van der Waals surface area contributed by atoms with Crippen LogP contribution in [0.1, 0.15) is 33.6 Å². The standard InChI is InChI=1S/C10H21NO2S/c1-4-9(10(12)13-5-2)14-7-6-8(3)11/h8-9H,4-7,11H2,1-3H3. The quantitative estimate of drug-likeness (QED) is 0.663. The maximum Gasteiger partial charge on any atom is 0.319 e. The number of rotatable bonds is 7. The van der Waals surface area contributed by atoms with Crippen molar-refractivity contribution in [3.05, 3.63) is 0 Å². The number of hydrogen-bond acceptors (Lipinski definition) is 4. The summed E-state index contributed by atoms with van der Waals surface area (Å²) in [4.78, 5) is 11.4. The van der Waals surface area contributed by atoms with Gasteiger partial charge in [-0.25, -0.2) is 0 Å². The summed E-state index contributed by atoms with van der Waals surface area (Å²) < 4.78 is 4.96. The minimum Gasteiger partial charge on any atom is -0.465 e. The van der Waals surface area contributed by atoms with Crippen LogP contribution in [0.2, 0.25) is 0 Å². The van der Waals surface area contributed by atoms with Gasteiger partial charge in [-0.3, -0.25) is 4.79 Å². The lowest BCUT2D eigenvalue weighted by Gasteiger charge is -2.13. The van der Waals surface area contributed by atoms with Crippen LogP contribution in [0.5, 0.6) is 0 Å². The third-order valence-electron chi connectivity index (χ3n) is 1.81. The van der Waals surface area contributed by atoms with Gasteiger partial charge in [0.05, 0.1) is 6.61 Å². The molecule has 2 unspecified atom stereocenters. The van der Waals surface area contributed by atoms with Crippen molar-refractivity contribution < 1.29 is 9.53 Å². The van der Waals surface area contributed by atoms with Gasteiger partial charge < -0.3 is 10.5 Å². The van der Waals surface area contributed by atoms with Crippen molar-refractivity contribution in [2.24, 2.45) is 5.73 Å². The van der Waals surface area contributed by atoms with Gasteiger partial charge in [0.25, 0.3) is 0 Å². The van der Waals surface area contributed by atoms with E-state index in [0.717, 1.165) is 18.6 Å². The van der Waals surface area contributed by atoms with Crippen molar-refractivity contribution in [1.29, 1.82) is 0 Å². The summed E-state index contributed by atoms with van der Waals surface area (Å²) in [5.41, 5.74) is 5.63. The highest BCUT2D eigenvalue weighted by molar-refractivity contribution is 8.00. The van der Waals surface area contributed by atoms with Crippen molar-refractivity contribution in [2.45, 2.75) is 44.9 Å². The van der Waals surface area contributed by atoms with Crippen molar-refractivity contribution in [3.63, 3.8) is 0 Å². The van der Waals surface area contributed by atoms with Crippen LogP contribution in [0.15, 0.2) is 0 Å². The molecular formula is C10H21NO2S. The van der Waals surface area contributed by atoms with Crippen LogP contribution in [0.4, 0.5) is 0 Å². The predicted octanol–water partition coefficient (Wildman–Crippen LogP) is 1.80.